The molecular weight excluding hydrogens is 242 g/mol. The van der Waals surface area contributed by atoms with E-state index in [1.165, 1.54) is 52.4 Å². The van der Waals surface area contributed by atoms with Gasteiger partial charge in [-0.25, -0.2) is 0 Å². The normalized spacial score (nSPS) is 11.3. The van der Waals surface area contributed by atoms with E-state index in [4.69, 9.17) is 5.11 Å². The molecule has 0 unspecified atom stereocenters. The molecule has 0 saturated heterocycles. The van der Waals surface area contributed by atoms with Crippen molar-refractivity contribution in [3.05, 3.63) is 0 Å². The number of nitrogens with one attached hydrogen (secondary N) is 1. The van der Waals surface area contributed by atoms with E-state index in [1.807, 2.05) is 0 Å². The molecule has 0 aromatic carbocycles. The third kappa shape index (κ3) is 7.85. The van der Waals surface area contributed by atoms with Crippen LogP contribution in [0.3, 0.4) is 0 Å². The Hall–Kier alpha value is -1.06. The highest BCUT2D eigenvalue weighted by Crippen LogP contribution is 2.15. The van der Waals surface area contributed by atoms with Crippen LogP contribution in [0, 0.1) is 5.41 Å². The molecule has 0 aromatic rings. The predicted octanol–water partition coefficient (Wildman–Crippen LogP) is 3.35. The third-order valence-corrected chi connectivity index (χ3v) is 3.42. The van der Waals surface area contributed by atoms with Gasteiger partial charge >= 0.3 is 5.97 Å². The molecule has 4 heteroatoms. The lowest BCUT2D eigenvalue weighted by atomic mass is 9.92. The van der Waals surface area contributed by atoms with E-state index >= 15 is 0 Å². The number of hydrogen-bond acceptors (Lipinski definition) is 2. The second kappa shape index (κ2) is 9.82. The number of rotatable bonds is 11. The number of carbonyl (C=O) groups is 2. The fourth-order valence-electron chi connectivity index (χ4n) is 1.78. The van der Waals surface area contributed by atoms with Crippen LogP contribution in [-0.4, -0.2) is 23.5 Å². The Morgan fingerprint density at radius 2 is 1.42 bits per heavy atom. The molecule has 0 spiro atoms. The molecule has 2 N–H and O–H groups in total. The van der Waals surface area contributed by atoms with Gasteiger partial charge in [0.1, 0.15) is 5.41 Å². The molecule has 0 fully saturated rings. The molecule has 0 saturated carbocycles. The molecule has 4 nitrogen and oxygen atoms in total. The maximum absolute atomic E-state index is 11.6. The summed E-state index contributed by atoms with van der Waals surface area (Å²) in [5, 5.41) is 11.6. The van der Waals surface area contributed by atoms with Crippen LogP contribution in [0.4, 0.5) is 0 Å². The summed E-state index contributed by atoms with van der Waals surface area (Å²) in [4.78, 5) is 22.5. The number of carboxylic acids is 1. The Morgan fingerprint density at radius 3 is 1.89 bits per heavy atom. The second-order valence-electron chi connectivity index (χ2n) is 5.66. The SMILES string of the molecule is CCCCCCCCCCNC(=O)C(C)(C)C(=O)O. The minimum Gasteiger partial charge on any atom is -0.480 e. The van der Waals surface area contributed by atoms with Gasteiger partial charge in [0.2, 0.25) is 5.91 Å². The average Bonchev–Trinajstić information content (AvgIpc) is 2.36. The van der Waals surface area contributed by atoms with Crippen molar-refractivity contribution in [1.29, 1.82) is 0 Å². The highest BCUT2D eigenvalue weighted by molar-refractivity contribution is 6.00. The van der Waals surface area contributed by atoms with Gasteiger partial charge in [-0.3, -0.25) is 9.59 Å². The summed E-state index contributed by atoms with van der Waals surface area (Å²) in [6.07, 6.45) is 9.68. The summed E-state index contributed by atoms with van der Waals surface area (Å²) in [5.41, 5.74) is -1.33. The van der Waals surface area contributed by atoms with Crippen LogP contribution in [-0.2, 0) is 9.59 Å². The molecule has 0 aromatic heterocycles. The van der Waals surface area contributed by atoms with Crippen LogP contribution in [0.15, 0.2) is 0 Å². The highest BCUT2D eigenvalue weighted by Gasteiger charge is 2.35. The first-order valence-electron chi connectivity index (χ1n) is 7.44. The molecule has 0 aliphatic carbocycles. The van der Waals surface area contributed by atoms with E-state index in [2.05, 4.69) is 12.2 Å². The quantitative estimate of drug-likeness (QED) is 0.447. The van der Waals surface area contributed by atoms with Crippen molar-refractivity contribution < 1.29 is 14.7 Å². The molecule has 0 heterocycles. The lowest BCUT2D eigenvalue weighted by Gasteiger charge is -2.18. The lowest BCUT2D eigenvalue weighted by molar-refractivity contribution is -0.153. The fraction of sp³-hybridized carbons (Fsp3) is 0.867. The summed E-state index contributed by atoms with van der Waals surface area (Å²) in [6.45, 7) is 5.64. The number of hydrogen-bond donors (Lipinski definition) is 2. The van der Waals surface area contributed by atoms with E-state index < -0.39 is 17.3 Å². The number of carboxylic acid groups (broad SMARTS) is 1. The van der Waals surface area contributed by atoms with Crippen molar-refractivity contribution in [2.45, 2.75) is 72.1 Å². The van der Waals surface area contributed by atoms with Gasteiger partial charge < -0.3 is 10.4 Å². The topological polar surface area (TPSA) is 66.4 Å². The fourth-order valence-corrected chi connectivity index (χ4v) is 1.78. The maximum Gasteiger partial charge on any atom is 0.318 e. The van der Waals surface area contributed by atoms with Gasteiger partial charge in [0, 0.05) is 6.54 Å². The van der Waals surface area contributed by atoms with Crippen LogP contribution in [0.2, 0.25) is 0 Å². The van der Waals surface area contributed by atoms with Crippen molar-refractivity contribution in [3.8, 4) is 0 Å². The standard InChI is InChI=1S/C15H29NO3/c1-4-5-6-7-8-9-10-11-12-16-13(17)15(2,3)14(18)19/h4-12H2,1-3H3,(H,16,17)(H,18,19). The number of unbranched alkanes of at least 4 members (excludes halogenated alkanes) is 7. The summed E-state index contributed by atoms with van der Waals surface area (Å²) in [6, 6.07) is 0. The van der Waals surface area contributed by atoms with Crippen LogP contribution in [0.25, 0.3) is 0 Å². The second-order valence-corrected chi connectivity index (χ2v) is 5.66. The molecule has 0 atom stereocenters. The number of aliphatic carboxylic acids is 1. The van der Waals surface area contributed by atoms with Crippen molar-refractivity contribution in [3.63, 3.8) is 0 Å². The molecule has 1 amide bonds. The Kier molecular flexibility index (Phi) is 9.27. The molecule has 0 rings (SSSR count). The Bertz CT molecular complexity index is 275. The van der Waals surface area contributed by atoms with E-state index in [0.29, 0.717) is 6.54 Å². The van der Waals surface area contributed by atoms with Crippen molar-refractivity contribution in [2.75, 3.05) is 6.54 Å². The van der Waals surface area contributed by atoms with Gasteiger partial charge in [-0.2, -0.15) is 0 Å². The van der Waals surface area contributed by atoms with Crippen LogP contribution < -0.4 is 5.32 Å². The van der Waals surface area contributed by atoms with Gasteiger partial charge in [-0.15, -0.1) is 0 Å². The van der Waals surface area contributed by atoms with Gasteiger partial charge in [-0.1, -0.05) is 51.9 Å². The van der Waals surface area contributed by atoms with Gasteiger partial charge in [0.05, 0.1) is 0 Å². The molecule has 19 heavy (non-hydrogen) atoms. The Labute approximate surface area is 117 Å². The number of carbonyl (C=O) groups excluding carboxylic acids is 1. The van der Waals surface area contributed by atoms with Crippen molar-refractivity contribution >= 4 is 11.9 Å². The van der Waals surface area contributed by atoms with Crippen LogP contribution in [0.1, 0.15) is 72.1 Å². The largest absolute Gasteiger partial charge is 0.480 e. The van der Waals surface area contributed by atoms with Crippen LogP contribution in [0.5, 0.6) is 0 Å². The van der Waals surface area contributed by atoms with Crippen molar-refractivity contribution in [1.82, 2.24) is 5.32 Å². The smallest absolute Gasteiger partial charge is 0.318 e. The first-order valence-corrected chi connectivity index (χ1v) is 7.44. The molecule has 112 valence electrons. The van der Waals surface area contributed by atoms with Crippen molar-refractivity contribution in [2.24, 2.45) is 5.41 Å². The highest BCUT2D eigenvalue weighted by atomic mass is 16.4. The lowest BCUT2D eigenvalue weighted by Crippen LogP contribution is -2.42. The Balaban J connectivity index is 3.50. The zero-order chi connectivity index (χ0) is 14.7. The van der Waals surface area contributed by atoms with E-state index in [0.717, 1.165) is 12.8 Å². The van der Waals surface area contributed by atoms with Crippen LogP contribution >= 0.6 is 0 Å². The number of amides is 1. The summed E-state index contributed by atoms with van der Waals surface area (Å²) < 4.78 is 0. The first kappa shape index (κ1) is 17.9. The molecule has 0 radical (unpaired) electrons. The predicted molar refractivity (Wildman–Crippen MR) is 77.0 cm³/mol. The first-order chi connectivity index (χ1) is 8.92. The molecular formula is C15H29NO3. The van der Waals surface area contributed by atoms with E-state index in [1.54, 1.807) is 0 Å². The summed E-state index contributed by atoms with van der Waals surface area (Å²) in [5.74, 6) is -1.48. The van der Waals surface area contributed by atoms with Gasteiger partial charge in [0.15, 0.2) is 0 Å². The average molecular weight is 271 g/mol. The zero-order valence-electron chi connectivity index (χ0n) is 12.6. The van der Waals surface area contributed by atoms with Gasteiger partial charge in [-0.05, 0) is 20.3 Å². The molecule has 0 aliphatic heterocycles. The molecule has 0 bridgehead atoms. The summed E-state index contributed by atoms with van der Waals surface area (Å²) in [7, 11) is 0. The Morgan fingerprint density at radius 1 is 0.947 bits per heavy atom. The minimum absolute atomic E-state index is 0.400. The summed E-state index contributed by atoms with van der Waals surface area (Å²) >= 11 is 0. The van der Waals surface area contributed by atoms with E-state index in [9.17, 15) is 9.59 Å². The van der Waals surface area contributed by atoms with E-state index in [-0.39, 0.29) is 0 Å². The van der Waals surface area contributed by atoms with Gasteiger partial charge in [0.25, 0.3) is 0 Å². The monoisotopic (exact) mass is 271 g/mol. The maximum atomic E-state index is 11.6. The third-order valence-electron chi connectivity index (χ3n) is 3.42. The minimum atomic E-state index is -1.33. The zero-order valence-corrected chi connectivity index (χ0v) is 12.6. The molecule has 0 aliphatic rings.